The van der Waals surface area contributed by atoms with Crippen molar-refractivity contribution in [2.24, 2.45) is 0 Å². The minimum absolute atomic E-state index is 0.182. The Bertz CT molecular complexity index is 572. The minimum atomic E-state index is -0.418. The van der Waals surface area contributed by atoms with Crippen molar-refractivity contribution in [2.75, 3.05) is 11.9 Å². The normalized spacial score (nSPS) is 11.5. The molecule has 0 aliphatic carbocycles. The van der Waals surface area contributed by atoms with Crippen LogP contribution in [0.15, 0.2) is 23.7 Å². The van der Waals surface area contributed by atoms with Crippen molar-refractivity contribution in [3.63, 3.8) is 0 Å². The third kappa shape index (κ3) is 4.21. The molecular weight excluding hydrogens is 260 g/mol. The molecule has 2 aromatic rings. The van der Waals surface area contributed by atoms with E-state index in [0.717, 1.165) is 15.9 Å². The fourth-order valence-electron chi connectivity index (χ4n) is 1.67. The van der Waals surface area contributed by atoms with Gasteiger partial charge in [-0.25, -0.2) is 4.98 Å². The summed E-state index contributed by atoms with van der Waals surface area (Å²) in [4.78, 5) is 15.8. The summed E-state index contributed by atoms with van der Waals surface area (Å²) in [5, 5.41) is 3.22. The number of hydrogen-bond acceptors (Lipinski definition) is 5. The van der Waals surface area contributed by atoms with E-state index in [2.05, 4.69) is 10.3 Å². The van der Waals surface area contributed by atoms with Gasteiger partial charge in [0.1, 0.15) is 5.60 Å². The maximum Gasteiger partial charge on any atom is 0.308 e. The number of esters is 1. The average molecular weight is 278 g/mol. The molecule has 0 amide bonds. The molecule has 0 radical (unpaired) electrons. The Morgan fingerprint density at radius 3 is 2.95 bits per heavy atom. The van der Waals surface area contributed by atoms with Gasteiger partial charge in [-0.1, -0.05) is 0 Å². The van der Waals surface area contributed by atoms with Crippen LogP contribution in [0.5, 0.6) is 0 Å². The van der Waals surface area contributed by atoms with Crippen LogP contribution >= 0.6 is 11.3 Å². The zero-order valence-electron chi connectivity index (χ0n) is 11.4. The second-order valence-electron chi connectivity index (χ2n) is 5.30. The van der Waals surface area contributed by atoms with Crippen LogP contribution in [0.25, 0.3) is 10.2 Å². The molecule has 0 fully saturated rings. The lowest BCUT2D eigenvalue weighted by molar-refractivity contribution is -0.154. The van der Waals surface area contributed by atoms with E-state index in [1.165, 1.54) is 0 Å². The molecule has 1 aromatic carbocycles. The zero-order chi connectivity index (χ0) is 13.9. The number of rotatable bonds is 4. The molecule has 102 valence electrons. The number of aromatic nitrogens is 1. The van der Waals surface area contributed by atoms with Crippen molar-refractivity contribution in [1.29, 1.82) is 0 Å². The van der Waals surface area contributed by atoms with Gasteiger partial charge in [0.2, 0.25) is 0 Å². The van der Waals surface area contributed by atoms with Gasteiger partial charge in [0.25, 0.3) is 0 Å². The summed E-state index contributed by atoms with van der Waals surface area (Å²) in [6.45, 7) is 6.18. The maximum atomic E-state index is 11.5. The van der Waals surface area contributed by atoms with E-state index in [1.807, 2.05) is 44.5 Å². The molecule has 1 heterocycles. The summed E-state index contributed by atoms with van der Waals surface area (Å²) in [6.07, 6.45) is 0.359. The minimum Gasteiger partial charge on any atom is -0.460 e. The first-order valence-electron chi connectivity index (χ1n) is 6.23. The van der Waals surface area contributed by atoms with E-state index < -0.39 is 5.60 Å². The molecule has 0 saturated heterocycles. The zero-order valence-corrected chi connectivity index (χ0v) is 12.2. The number of nitrogens with zero attached hydrogens (tertiary/aromatic N) is 1. The SMILES string of the molecule is CC(C)(C)OC(=O)CCNc1ccc2ncsc2c1. The van der Waals surface area contributed by atoms with Crippen molar-refractivity contribution in [2.45, 2.75) is 32.8 Å². The molecule has 1 N–H and O–H groups in total. The highest BCUT2D eigenvalue weighted by atomic mass is 32.1. The molecule has 4 nitrogen and oxygen atoms in total. The largest absolute Gasteiger partial charge is 0.460 e. The molecule has 0 saturated carbocycles. The standard InChI is InChI=1S/C14H18N2O2S/c1-14(2,3)18-13(17)6-7-15-10-4-5-11-12(8-10)19-9-16-11/h4-5,8-9,15H,6-7H2,1-3H3. The van der Waals surface area contributed by atoms with Gasteiger partial charge in [0, 0.05) is 12.2 Å². The maximum absolute atomic E-state index is 11.5. The Morgan fingerprint density at radius 1 is 1.42 bits per heavy atom. The first-order chi connectivity index (χ1) is 8.94. The molecule has 2 rings (SSSR count). The molecule has 0 bridgehead atoms. The summed E-state index contributed by atoms with van der Waals surface area (Å²) in [5.74, 6) is -0.182. The van der Waals surface area contributed by atoms with Gasteiger partial charge in [-0.05, 0) is 39.0 Å². The molecule has 5 heteroatoms. The molecule has 0 unspecified atom stereocenters. The smallest absolute Gasteiger partial charge is 0.308 e. The molecule has 0 aliphatic rings. The number of nitrogens with one attached hydrogen (secondary N) is 1. The quantitative estimate of drug-likeness (QED) is 0.870. The molecule has 1 aromatic heterocycles. The summed E-state index contributed by atoms with van der Waals surface area (Å²) in [6, 6.07) is 5.99. The summed E-state index contributed by atoms with van der Waals surface area (Å²) < 4.78 is 6.39. The second kappa shape index (κ2) is 5.57. The molecule has 0 spiro atoms. The third-order valence-electron chi connectivity index (χ3n) is 2.41. The fraction of sp³-hybridized carbons (Fsp3) is 0.429. The highest BCUT2D eigenvalue weighted by Crippen LogP contribution is 2.21. The van der Waals surface area contributed by atoms with Crippen molar-refractivity contribution >= 4 is 33.2 Å². The average Bonchev–Trinajstić information content (AvgIpc) is 2.73. The van der Waals surface area contributed by atoms with Crippen molar-refractivity contribution in [3.8, 4) is 0 Å². The number of carbonyl (C=O) groups excluding carboxylic acids is 1. The molecular formula is C14H18N2O2S. The number of carbonyl (C=O) groups is 1. The van der Waals surface area contributed by atoms with Crippen LogP contribution in [-0.2, 0) is 9.53 Å². The molecule has 0 aliphatic heterocycles. The predicted molar refractivity (Wildman–Crippen MR) is 78.6 cm³/mol. The van der Waals surface area contributed by atoms with Crippen LogP contribution < -0.4 is 5.32 Å². The summed E-state index contributed by atoms with van der Waals surface area (Å²) in [7, 11) is 0. The van der Waals surface area contributed by atoms with Gasteiger partial charge in [0.15, 0.2) is 0 Å². The van der Waals surface area contributed by atoms with Crippen molar-refractivity contribution in [3.05, 3.63) is 23.7 Å². The third-order valence-corrected chi connectivity index (χ3v) is 3.20. The first-order valence-corrected chi connectivity index (χ1v) is 7.11. The van der Waals surface area contributed by atoms with Crippen LogP contribution in [0, 0.1) is 0 Å². The Kier molecular flexibility index (Phi) is 4.04. The monoisotopic (exact) mass is 278 g/mol. The number of thiazole rings is 1. The fourth-order valence-corrected chi connectivity index (χ4v) is 2.38. The van der Waals surface area contributed by atoms with E-state index in [4.69, 9.17) is 4.74 Å². The lowest BCUT2D eigenvalue weighted by Crippen LogP contribution is -2.25. The highest BCUT2D eigenvalue weighted by molar-refractivity contribution is 7.16. The molecule has 19 heavy (non-hydrogen) atoms. The van der Waals surface area contributed by atoms with Crippen LogP contribution in [-0.4, -0.2) is 23.1 Å². The lowest BCUT2D eigenvalue weighted by atomic mass is 10.2. The van der Waals surface area contributed by atoms with E-state index in [-0.39, 0.29) is 5.97 Å². The lowest BCUT2D eigenvalue weighted by Gasteiger charge is -2.19. The highest BCUT2D eigenvalue weighted by Gasteiger charge is 2.15. The van der Waals surface area contributed by atoms with E-state index in [1.54, 1.807) is 11.3 Å². The van der Waals surface area contributed by atoms with Gasteiger partial charge in [-0.15, -0.1) is 11.3 Å². The topological polar surface area (TPSA) is 51.2 Å². The Morgan fingerprint density at radius 2 is 2.21 bits per heavy atom. The number of ether oxygens (including phenoxy) is 1. The number of fused-ring (bicyclic) bond motifs is 1. The van der Waals surface area contributed by atoms with Crippen LogP contribution in [0.1, 0.15) is 27.2 Å². The number of hydrogen-bond donors (Lipinski definition) is 1. The first kappa shape index (κ1) is 13.8. The van der Waals surface area contributed by atoms with Crippen LogP contribution in [0.3, 0.4) is 0 Å². The number of benzene rings is 1. The van der Waals surface area contributed by atoms with Crippen LogP contribution in [0.2, 0.25) is 0 Å². The van der Waals surface area contributed by atoms with Crippen molar-refractivity contribution < 1.29 is 9.53 Å². The van der Waals surface area contributed by atoms with Gasteiger partial charge >= 0.3 is 5.97 Å². The predicted octanol–water partition coefficient (Wildman–Crippen LogP) is 3.44. The second-order valence-corrected chi connectivity index (χ2v) is 6.18. The number of anilines is 1. The van der Waals surface area contributed by atoms with E-state index in [0.29, 0.717) is 13.0 Å². The molecule has 0 atom stereocenters. The van der Waals surface area contributed by atoms with E-state index >= 15 is 0 Å². The van der Waals surface area contributed by atoms with Gasteiger partial charge in [0.05, 0.1) is 22.1 Å². The summed E-state index contributed by atoms with van der Waals surface area (Å²) in [5.41, 5.74) is 3.41. The van der Waals surface area contributed by atoms with Crippen molar-refractivity contribution in [1.82, 2.24) is 4.98 Å². The van der Waals surface area contributed by atoms with Gasteiger partial charge in [-0.3, -0.25) is 4.79 Å². The Labute approximate surface area is 116 Å². The van der Waals surface area contributed by atoms with Crippen LogP contribution in [0.4, 0.5) is 5.69 Å². The Hall–Kier alpha value is -1.62. The van der Waals surface area contributed by atoms with Gasteiger partial charge < -0.3 is 10.1 Å². The van der Waals surface area contributed by atoms with Gasteiger partial charge in [-0.2, -0.15) is 0 Å². The summed E-state index contributed by atoms with van der Waals surface area (Å²) >= 11 is 1.61. The van der Waals surface area contributed by atoms with E-state index in [9.17, 15) is 4.79 Å². The Balaban J connectivity index is 1.83.